The van der Waals surface area contributed by atoms with E-state index in [9.17, 15) is 9.59 Å². The number of thiol groups is 1. The highest BCUT2D eigenvalue weighted by Gasteiger charge is 2.37. The monoisotopic (exact) mass is 244 g/mol. The van der Waals surface area contributed by atoms with Gasteiger partial charge in [0, 0.05) is 18.2 Å². The van der Waals surface area contributed by atoms with Crippen molar-refractivity contribution in [2.75, 3.05) is 5.75 Å². The van der Waals surface area contributed by atoms with E-state index in [1.165, 1.54) is 13.3 Å². The summed E-state index contributed by atoms with van der Waals surface area (Å²) < 4.78 is 0. The third-order valence-corrected chi connectivity index (χ3v) is 3.62. The molecule has 1 atom stereocenters. The summed E-state index contributed by atoms with van der Waals surface area (Å²) in [5, 5.41) is 5.63. The van der Waals surface area contributed by atoms with E-state index in [4.69, 9.17) is 0 Å². The Morgan fingerprint density at radius 3 is 2.38 bits per heavy atom. The Bertz CT molecular complexity index is 272. The molecule has 0 spiro atoms. The molecule has 2 N–H and O–H groups in total. The number of hydrogen-bond donors (Lipinski definition) is 3. The van der Waals surface area contributed by atoms with Gasteiger partial charge in [-0.1, -0.05) is 6.92 Å². The molecule has 5 heteroatoms. The van der Waals surface area contributed by atoms with E-state index in [0.29, 0.717) is 5.75 Å². The average molecular weight is 244 g/mol. The van der Waals surface area contributed by atoms with Gasteiger partial charge >= 0.3 is 0 Å². The molecule has 1 unspecified atom stereocenters. The third-order valence-electron chi connectivity index (χ3n) is 3.25. The van der Waals surface area contributed by atoms with Crippen molar-refractivity contribution in [2.24, 2.45) is 0 Å². The molecule has 16 heavy (non-hydrogen) atoms. The van der Waals surface area contributed by atoms with Crippen molar-refractivity contribution in [3.05, 3.63) is 0 Å². The number of hydrogen-bond acceptors (Lipinski definition) is 3. The Kier molecular flexibility index (Phi) is 4.65. The molecule has 1 aliphatic rings. The molecule has 0 aromatic heterocycles. The predicted molar refractivity (Wildman–Crippen MR) is 66.5 cm³/mol. The summed E-state index contributed by atoms with van der Waals surface area (Å²) in [6.07, 6.45) is 4.18. The van der Waals surface area contributed by atoms with Gasteiger partial charge in [0.1, 0.15) is 6.04 Å². The fraction of sp³-hybridized carbons (Fsp3) is 0.818. The van der Waals surface area contributed by atoms with E-state index in [2.05, 4.69) is 30.2 Å². The first-order valence-corrected chi connectivity index (χ1v) is 6.36. The molecule has 0 heterocycles. The third kappa shape index (κ3) is 3.14. The molecule has 1 saturated carbocycles. The summed E-state index contributed by atoms with van der Waals surface area (Å²) in [7, 11) is 0. The lowest BCUT2D eigenvalue weighted by atomic mass is 9.74. The second-order valence-electron chi connectivity index (χ2n) is 4.41. The normalized spacial score (nSPS) is 19.4. The van der Waals surface area contributed by atoms with Gasteiger partial charge < -0.3 is 10.6 Å². The van der Waals surface area contributed by atoms with Gasteiger partial charge in [-0.05, 0) is 25.7 Å². The van der Waals surface area contributed by atoms with Gasteiger partial charge in [0.2, 0.25) is 11.8 Å². The van der Waals surface area contributed by atoms with Crippen LogP contribution < -0.4 is 10.6 Å². The standard InChI is InChI=1S/C11H20N2O2S/c1-3-11(5-4-6-11)13-10(15)9(7-16)12-8(2)14/h9,16H,3-7H2,1-2H3,(H,12,14)(H,13,15). The molecule has 0 bridgehead atoms. The van der Waals surface area contributed by atoms with Crippen LogP contribution in [-0.2, 0) is 9.59 Å². The second kappa shape index (κ2) is 5.57. The zero-order chi connectivity index (χ0) is 12.2. The lowest BCUT2D eigenvalue weighted by Crippen LogP contribution is -2.58. The van der Waals surface area contributed by atoms with Gasteiger partial charge in [-0.3, -0.25) is 9.59 Å². The van der Waals surface area contributed by atoms with E-state index >= 15 is 0 Å². The summed E-state index contributed by atoms with van der Waals surface area (Å²) >= 11 is 4.08. The molecule has 0 aliphatic heterocycles. The fourth-order valence-corrected chi connectivity index (χ4v) is 2.22. The summed E-state index contributed by atoms with van der Waals surface area (Å²) in [5.74, 6) is 0.00527. The van der Waals surface area contributed by atoms with Gasteiger partial charge in [0.05, 0.1) is 0 Å². The maximum atomic E-state index is 11.9. The first kappa shape index (κ1) is 13.4. The van der Waals surface area contributed by atoms with Gasteiger partial charge in [0.25, 0.3) is 0 Å². The maximum Gasteiger partial charge on any atom is 0.243 e. The van der Waals surface area contributed by atoms with Crippen molar-refractivity contribution in [1.29, 1.82) is 0 Å². The molecule has 2 amide bonds. The zero-order valence-electron chi connectivity index (χ0n) is 9.88. The average Bonchev–Trinajstić information content (AvgIpc) is 2.19. The van der Waals surface area contributed by atoms with Crippen LogP contribution in [0.4, 0.5) is 0 Å². The highest BCUT2D eigenvalue weighted by Crippen LogP contribution is 2.34. The SMILES string of the molecule is CCC1(NC(=O)C(CS)NC(C)=O)CCC1. The Morgan fingerprint density at radius 2 is 2.06 bits per heavy atom. The van der Waals surface area contributed by atoms with E-state index in [1.54, 1.807) is 0 Å². The summed E-state index contributed by atoms with van der Waals surface area (Å²) in [4.78, 5) is 22.8. The van der Waals surface area contributed by atoms with Crippen LogP contribution in [0.2, 0.25) is 0 Å². The fourth-order valence-electron chi connectivity index (χ4n) is 1.96. The van der Waals surface area contributed by atoms with Crippen LogP contribution in [-0.4, -0.2) is 29.1 Å². The quantitative estimate of drug-likeness (QED) is 0.629. The molecule has 1 rings (SSSR count). The van der Waals surface area contributed by atoms with Crippen LogP contribution in [0, 0.1) is 0 Å². The molecule has 1 aliphatic carbocycles. The van der Waals surface area contributed by atoms with Crippen molar-refractivity contribution in [3.63, 3.8) is 0 Å². The highest BCUT2D eigenvalue weighted by atomic mass is 32.1. The van der Waals surface area contributed by atoms with Crippen LogP contribution >= 0.6 is 12.6 Å². The highest BCUT2D eigenvalue weighted by molar-refractivity contribution is 7.80. The van der Waals surface area contributed by atoms with Crippen molar-refractivity contribution >= 4 is 24.4 Å². The minimum atomic E-state index is -0.523. The van der Waals surface area contributed by atoms with Crippen LogP contribution in [0.5, 0.6) is 0 Å². The lowest BCUT2D eigenvalue weighted by Gasteiger charge is -2.42. The van der Waals surface area contributed by atoms with Crippen LogP contribution in [0.1, 0.15) is 39.5 Å². The molecule has 0 aromatic rings. The number of rotatable bonds is 5. The first-order chi connectivity index (χ1) is 7.53. The van der Waals surface area contributed by atoms with E-state index < -0.39 is 6.04 Å². The van der Waals surface area contributed by atoms with Crippen molar-refractivity contribution in [2.45, 2.75) is 51.1 Å². The summed E-state index contributed by atoms with van der Waals surface area (Å²) in [6, 6.07) is -0.523. The predicted octanol–water partition coefficient (Wildman–Crippen LogP) is 0.870. The number of nitrogens with one attached hydrogen (secondary N) is 2. The zero-order valence-corrected chi connectivity index (χ0v) is 10.8. The van der Waals surface area contributed by atoms with Crippen LogP contribution in [0.15, 0.2) is 0 Å². The van der Waals surface area contributed by atoms with Crippen molar-refractivity contribution < 1.29 is 9.59 Å². The van der Waals surface area contributed by atoms with E-state index in [-0.39, 0.29) is 17.4 Å². The first-order valence-electron chi connectivity index (χ1n) is 5.73. The van der Waals surface area contributed by atoms with Crippen LogP contribution in [0.3, 0.4) is 0 Å². The molecule has 0 aromatic carbocycles. The Morgan fingerprint density at radius 1 is 1.44 bits per heavy atom. The van der Waals surface area contributed by atoms with Crippen molar-refractivity contribution in [1.82, 2.24) is 10.6 Å². The van der Waals surface area contributed by atoms with Gasteiger partial charge in [0.15, 0.2) is 0 Å². The largest absolute Gasteiger partial charge is 0.349 e. The lowest BCUT2D eigenvalue weighted by molar-refractivity contribution is -0.129. The Hall–Kier alpha value is -0.710. The molecule has 1 fully saturated rings. The topological polar surface area (TPSA) is 58.2 Å². The Balaban J connectivity index is 2.51. The van der Waals surface area contributed by atoms with Gasteiger partial charge in [-0.2, -0.15) is 12.6 Å². The van der Waals surface area contributed by atoms with Crippen LogP contribution in [0.25, 0.3) is 0 Å². The molecule has 0 saturated heterocycles. The maximum absolute atomic E-state index is 11.9. The number of amides is 2. The molecule has 92 valence electrons. The van der Waals surface area contributed by atoms with Gasteiger partial charge in [-0.15, -0.1) is 0 Å². The van der Waals surface area contributed by atoms with E-state index in [1.807, 2.05) is 0 Å². The molecule has 0 radical (unpaired) electrons. The minimum absolute atomic E-state index is 0.0310. The number of carbonyl (C=O) groups excluding carboxylic acids is 2. The summed E-state index contributed by atoms with van der Waals surface area (Å²) in [6.45, 7) is 3.48. The van der Waals surface area contributed by atoms with E-state index in [0.717, 1.165) is 19.3 Å². The van der Waals surface area contributed by atoms with Gasteiger partial charge in [-0.25, -0.2) is 0 Å². The minimum Gasteiger partial charge on any atom is -0.349 e. The molecular formula is C11H20N2O2S. The molecular weight excluding hydrogens is 224 g/mol. The molecule has 4 nitrogen and oxygen atoms in total. The Labute approximate surface area is 102 Å². The smallest absolute Gasteiger partial charge is 0.243 e. The summed E-state index contributed by atoms with van der Waals surface area (Å²) in [5.41, 5.74) is -0.0310. The second-order valence-corrected chi connectivity index (χ2v) is 4.78. The van der Waals surface area contributed by atoms with Crippen molar-refractivity contribution in [3.8, 4) is 0 Å². The number of carbonyl (C=O) groups is 2.